The molecule has 0 aliphatic rings. The number of nitrogens with one attached hydrogen (secondary N) is 1. The number of ether oxygens (including phenoxy) is 1. The predicted molar refractivity (Wildman–Crippen MR) is 43.5 cm³/mol. The Morgan fingerprint density at radius 3 is 2.45 bits per heavy atom. The highest BCUT2D eigenvalue weighted by molar-refractivity contribution is 5.68. The molecule has 0 saturated heterocycles. The molecular weight excluding hydrogens is 144 g/mol. The maximum atomic E-state index is 10.8. The van der Waals surface area contributed by atoms with Gasteiger partial charge in [0.15, 0.2) is 0 Å². The van der Waals surface area contributed by atoms with E-state index >= 15 is 0 Å². The van der Waals surface area contributed by atoms with Crippen LogP contribution in [0.15, 0.2) is 5.10 Å². The van der Waals surface area contributed by atoms with Gasteiger partial charge >= 0.3 is 6.09 Å². The number of nitrogens with zero attached hydrogens (tertiary/aromatic N) is 1. The zero-order valence-electron chi connectivity index (χ0n) is 7.34. The lowest BCUT2D eigenvalue weighted by molar-refractivity contribution is 0.0529. The van der Waals surface area contributed by atoms with Gasteiger partial charge in [0.05, 0.1) is 0 Å². The molecule has 0 bridgehead atoms. The fourth-order valence-corrected chi connectivity index (χ4v) is 0.418. The highest BCUT2D eigenvalue weighted by Gasteiger charge is 2.14. The van der Waals surface area contributed by atoms with E-state index < -0.39 is 11.7 Å². The molecule has 64 valence electrons. The summed E-state index contributed by atoms with van der Waals surface area (Å²) < 4.78 is 4.88. The van der Waals surface area contributed by atoms with E-state index in [1.807, 2.05) is 0 Å². The summed E-state index contributed by atoms with van der Waals surface area (Å²) in [5, 5.41) is 3.51. The molecule has 0 atom stereocenters. The van der Waals surface area contributed by atoms with Gasteiger partial charge in [-0.1, -0.05) is 0 Å². The SMILES string of the molecule is CC=NNC(=O)OC(C)(C)C. The molecule has 0 rings (SSSR count). The number of carbonyl (C=O) groups excluding carboxylic acids is 1. The molecule has 0 saturated carbocycles. The van der Waals surface area contributed by atoms with Crippen LogP contribution in [0.2, 0.25) is 0 Å². The number of hydrazone groups is 1. The van der Waals surface area contributed by atoms with Crippen LogP contribution in [0.5, 0.6) is 0 Å². The second-order valence-electron chi connectivity index (χ2n) is 3.00. The molecule has 0 fully saturated rings. The molecule has 0 unspecified atom stereocenters. The minimum absolute atomic E-state index is 0.465. The van der Waals surface area contributed by atoms with Gasteiger partial charge < -0.3 is 4.74 Å². The van der Waals surface area contributed by atoms with E-state index in [9.17, 15) is 4.79 Å². The number of hydrogen-bond acceptors (Lipinski definition) is 3. The number of carbonyl (C=O) groups is 1. The molecule has 1 N–H and O–H groups in total. The van der Waals surface area contributed by atoms with E-state index in [4.69, 9.17) is 4.74 Å². The summed E-state index contributed by atoms with van der Waals surface area (Å²) in [5.41, 5.74) is 1.73. The van der Waals surface area contributed by atoms with Gasteiger partial charge in [-0.3, -0.25) is 0 Å². The largest absolute Gasteiger partial charge is 0.443 e. The van der Waals surface area contributed by atoms with Crippen LogP contribution >= 0.6 is 0 Å². The molecule has 4 nitrogen and oxygen atoms in total. The lowest BCUT2D eigenvalue weighted by atomic mass is 10.2. The Labute approximate surface area is 66.6 Å². The van der Waals surface area contributed by atoms with Crippen LogP contribution in [0.4, 0.5) is 4.79 Å². The van der Waals surface area contributed by atoms with E-state index in [1.165, 1.54) is 6.21 Å². The van der Waals surface area contributed by atoms with Crippen LogP contribution in [0, 0.1) is 0 Å². The molecule has 0 spiro atoms. The Morgan fingerprint density at radius 2 is 2.09 bits per heavy atom. The molecule has 0 radical (unpaired) electrons. The Morgan fingerprint density at radius 1 is 1.55 bits per heavy atom. The maximum absolute atomic E-state index is 10.8. The Balaban J connectivity index is 3.70. The van der Waals surface area contributed by atoms with Crippen molar-refractivity contribution in [1.29, 1.82) is 0 Å². The molecule has 0 heterocycles. The Kier molecular flexibility index (Phi) is 3.57. The van der Waals surface area contributed by atoms with Crippen LogP contribution in [0.3, 0.4) is 0 Å². The van der Waals surface area contributed by atoms with Crippen molar-refractivity contribution in [2.45, 2.75) is 33.3 Å². The number of hydrogen-bond donors (Lipinski definition) is 1. The van der Waals surface area contributed by atoms with Gasteiger partial charge in [0.25, 0.3) is 0 Å². The Hall–Kier alpha value is -1.06. The van der Waals surface area contributed by atoms with Gasteiger partial charge in [0.1, 0.15) is 5.60 Å². The zero-order chi connectivity index (χ0) is 8.91. The lowest BCUT2D eigenvalue weighted by Crippen LogP contribution is -2.29. The van der Waals surface area contributed by atoms with E-state index in [1.54, 1.807) is 27.7 Å². The van der Waals surface area contributed by atoms with Gasteiger partial charge in [0.2, 0.25) is 0 Å². The van der Waals surface area contributed by atoms with Crippen LogP contribution in [0.1, 0.15) is 27.7 Å². The standard InChI is InChI=1S/C7H14N2O2/c1-5-8-9-6(10)11-7(2,3)4/h5H,1-4H3,(H,9,10). The molecule has 1 amide bonds. The van der Waals surface area contributed by atoms with Crippen LogP contribution in [-0.4, -0.2) is 17.9 Å². The van der Waals surface area contributed by atoms with Crippen molar-refractivity contribution in [3.63, 3.8) is 0 Å². The van der Waals surface area contributed by atoms with E-state index in [-0.39, 0.29) is 0 Å². The van der Waals surface area contributed by atoms with E-state index in [2.05, 4.69) is 10.5 Å². The Bertz CT molecular complexity index is 158. The first kappa shape index (κ1) is 9.94. The first-order valence-corrected chi connectivity index (χ1v) is 3.42. The lowest BCUT2D eigenvalue weighted by Gasteiger charge is -2.18. The summed E-state index contributed by atoms with van der Waals surface area (Å²) in [6.07, 6.45) is 0.944. The fraction of sp³-hybridized carbons (Fsp3) is 0.714. The maximum Gasteiger partial charge on any atom is 0.428 e. The average molecular weight is 158 g/mol. The predicted octanol–water partition coefficient (Wildman–Crippen LogP) is 1.52. The zero-order valence-corrected chi connectivity index (χ0v) is 7.34. The summed E-state index contributed by atoms with van der Waals surface area (Å²) in [4.78, 5) is 10.8. The second kappa shape index (κ2) is 3.95. The summed E-state index contributed by atoms with van der Waals surface area (Å²) in [7, 11) is 0. The normalized spacial score (nSPS) is 11.6. The topological polar surface area (TPSA) is 50.7 Å². The van der Waals surface area contributed by atoms with Gasteiger partial charge in [0, 0.05) is 6.21 Å². The van der Waals surface area contributed by atoms with Crippen molar-refractivity contribution >= 4 is 12.3 Å². The summed E-state index contributed by atoms with van der Waals surface area (Å²) in [6.45, 7) is 7.09. The van der Waals surface area contributed by atoms with Crippen LogP contribution < -0.4 is 5.43 Å². The van der Waals surface area contributed by atoms with Crippen molar-refractivity contribution in [1.82, 2.24) is 5.43 Å². The smallest absolute Gasteiger partial charge is 0.428 e. The summed E-state index contributed by atoms with van der Waals surface area (Å²) in [6, 6.07) is 0. The summed E-state index contributed by atoms with van der Waals surface area (Å²) >= 11 is 0. The van der Waals surface area contributed by atoms with Gasteiger partial charge in [-0.15, -0.1) is 0 Å². The minimum Gasteiger partial charge on any atom is -0.443 e. The third-order valence-corrected chi connectivity index (χ3v) is 0.684. The average Bonchev–Trinajstić information content (AvgIpc) is 1.79. The molecule has 11 heavy (non-hydrogen) atoms. The molecule has 0 aromatic rings. The highest BCUT2D eigenvalue weighted by atomic mass is 16.6. The molecule has 4 heteroatoms. The minimum atomic E-state index is -0.532. The van der Waals surface area contributed by atoms with Crippen molar-refractivity contribution < 1.29 is 9.53 Å². The van der Waals surface area contributed by atoms with E-state index in [0.29, 0.717) is 0 Å². The van der Waals surface area contributed by atoms with Crippen molar-refractivity contribution in [2.75, 3.05) is 0 Å². The molecule has 0 aromatic carbocycles. The van der Waals surface area contributed by atoms with Gasteiger partial charge in [-0.05, 0) is 27.7 Å². The first-order valence-electron chi connectivity index (χ1n) is 3.42. The summed E-state index contributed by atoms with van der Waals surface area (Å²) in [5.74, 6) is 0. The van der Waals surface area contributed by atoms with Crippen LogP contribution in [-0.2, 0) is 4.74 Å². The fourth-order valence-electron chi connectivity index (χ4n) is 0.418. The third-order valence-electron chi connectivity index (χ3n) is 0.684. The first-order chi connectivity index (χ1) is 4.95. The molecule has 0 aliphatic heterocycles. The van der Waals surface area contributed by atoms with Gasteiger partial charge in [-0.2, -0.15) is 5.10 Å². The number of amides is 1. The molecular formula is C7H14N2O2. The van der Waals surface area contributed by atoms with E-state index in [0.717, 1.165) is 0 Å². The van der Waals surface area contributed by atoms with Crippen molar-refractivity contribution in [3.8, 4) is 0 Å². The second-order valence-corrected chi connectivity index (χ2v) is 3.00. The monoisotopic (exact) mass is 158 g/mol. The molecule has 0 aliphatic carbocycles. The number of rotatable bonds is 1. The van der Waals surface area contributed by atoms with Gasteiger partial charge in [-0.25, -0.2) is 10.2 Å². The van der Waals surface area contributed by atoms with Crippen molar-refractivity contribution in [2.24, 2.45) is 5.10 Å². The molecule has 0 aromatic heterocycles. The van der Waals surface area contributed by atoms with Crippen molar-refractivity contribution in [3.05, 3.63) is 0 Å². The third kappa shape index (κ3) is 6.83. The highest BCUT2D eigenvalue weighted by Crippen LogP contribution is 2.05. The quantitative estimate of drug-likeness (QED) is 0.464. The van der Waals surface area contributed by atoms with Crippen LogP contribution in [0.25, 0.3) is 0 Å².